The zero-order valence-corrected chi connectivity index (χ0v) is 20.4. The van der Waals surface area contributed by atoms with Gasteiger partial charge in [0.1, 0.15) is 5.60 Å². The summed E-state index contributed by atoms with van der Waals surface area (Å²) in [7, 11) is 0. The number of hydrogen-bond donors (Lipinski definition) is 1. The highest BCUT2D eigenvalue weighted by Gasteiger charge is 2.36. The van der Waals surface area contributed by atoms with Crippen molar-refractivity contribution >= 4 is 12.0 Å². The van der Waals surface area contributed by atoms with Crippen molar-refractivity contribution in [3.05, 3.63) is 103 Å². The molecule has 4 rings (SSSR count). The molecule has 0 saturated heterocycles. The number of benzene rings is 4. The molecule has 0 aromatic heterocycles. The molecule has 0 bridgehead atoms. The average molecular weight is 455 g/mol. The van der Waals surface area contributed by atoms with Crippen molar-refractivity contribution in [1.29, 1.82) is 0 Å². The monoisotopic (exact) mass is 454 g/mol. The summed E-state index contributed by atoms with van der Waals surface area (Å²) in [6.07, 6.45) is 0. The Bertz CT molecular complexity index is 1210. The van der Waals surface area contributed by atoms with E-state index in [2.05, 4.69) is 97.1 Å². The first-order chi connectivity index (χ1) is 15.7. The van der Waals surface area contributed by atoms with E-state index < -0.39 is 11.2 Å². The number of rotatable bonds is 7. The second kappa shape index (κ2) is 9.56. The van der Waals surface area contributed by atoms with E-state index in [1.165, 1.54) is 39.9 Å². The van der Waals surface area contributed by atoms with Gasteiger partial charge >= 0.3 is 0 Å². The summed E-state index contributed by atoms with van der Waals surface area (Å²) in [5.41, 5.74) is 5.56. The molecular weight excluding hydrogens is 424 g/mol. The third kappa shape index (κ3) is 5.56. The van der Waals surface area contributed by atoms with E-state index in [-0.39, 0.29) is 0 Å². The van der Waals surface area contributed by atoms with Gasteiger partial charge in [-0.1, -0.05) is 78.9 Å². The first-order valence-corrected chi connectivity index (χ1v) is 11.9. The minimum absolute atomic E-state index is 0.668. The Balaban J connectivity index is 1.53. The van der Waals surface area contributed by atoms with Gasteiger partial charge in [-0.05, 0) is 85.3 Å². The third-order valence-electron chi connectivity index (χ3n) is 6.17. The van der Waals surface area contributed by atoms with Gasteiger partial charge in [0.25, 0.3) is 0 Å². The van der Waals surface area contributed by atoms with E-state index in [0.717, 1.165) is 10.5 Å². The molecule has 3 heteroatoms. The smallest absolute Gasteiger partial charge is 0.106 e. The summed E-state index contributed by atoms with van der Waals surface area (Å²) in [6, 6.07) is 36.1. The lowest BCUT2D eigenvalue weighted by Gasteiger charge is -2.35. The second-order valence-electron chi connectivity index (χ2n) is 9.29. The van der Waals surface area contributed by atoms with Gasteiger partial charge in [0.05, 0.1) is 5.60 Å². The summed E-state index contributed by atoms with van der Waals surface area (Å²) in [5, 5.41) is 10.3. The Labute approximate surface area is 201 Å². The van der Waals surface area contributed by atoms with Crippen LogP contribution in [0.5, 0.6) is 0 Å². The van der Waals surface area contributed by atoms with Crippen LogP contribution in [0.25, 0.3) is 33.4 Å². The molecule has 4 aromatic carbocycles. The van der Waals surface area contributed by atoms with Crippen molar-refractivity contribution in [2.45, 2.75) is 43.8 Å². The molecule has 33 heavy (non-hydrogen) atoms. The lowest BCUT2D eigenvalue weighted by molar-refractivity contribution is -0.0813. The maximum Gasteiger partial charge on any atom is 0.106 e. The summed E-state index contributed by atoms with van der Waals surface area (Å²) < 4.78 is 5.92. The molecule has 0 saturated carbocycles. The van der Waals surface area contributed by atoms with Crippen molar-refractivity contribution in [2.24, 2.45) is 0 Å². The van der Waals surface area contributed by atoms with E-state index in [9.17, 15) is 5.11 Å². The summed E-state index contributed by atoms with van der Waals surface area (Å²) in [5.74, 6) is 0. The lowest BCUT2D eigenvalue weighted by Crippen LogP contribution is -2.45. The van der Waals surface area contributed by atoms with Gasteiger partial charge in [0.2, 0.25) is 0 Å². The minimum atomic E-state index is -0.932. The molecular formula is C30H30O2S. The molecule has 0 heterocycles. The second-order valence-corrected chi connectivity index (χ2v) is 10.1. The van der Waals surface area contributed by atoms with Crippen molar-refractivity contribution in [1.82, 2.24) is 0 Å². The minimum Gasteiger partial charge on any atom is -0.387 e. The standard InChI is InChI=1S/C30H30O2S/c1-29(2,31)30(3,4)32-33-28-18-16-23(17-19-28)25-13-9-15-27(21-25)26-14-8-12-24(20-26)22-10-6-5-7-11-22/h5-21,31H,1-4H3. The van der Waals surface area contributed by atoms with E-state index in [0.29, 0.717) is 0 Å². The molecule has 2 nitrogen and oxygen atoms in total. The van der Waals surface area contributed by atoms with Gasteiger partial charge in [0, 0.05) is 16.9 Å². The molecule has 0 aliphatic carbocycles. The number of aliphatic hydroxyl groups is 1. The molecule has 4 aromatic rings. The zero-order chi connectivity index (χ0) is 23.5. The van der Waals surface area contributed by atoms with Crippen LogP contribution in [0.2, 0.25) is 0 Å². The van der Waals surface area contributed by atoms with Crippen LogP contribution >= 0.6 is 12.0 Å². The van der Waals surface area contributed by atoms with Crippen LogP contribution in [-0.2, 0) is 4.18 Å². The van der Waals surface area contributed by atoms with Crippen LogP contribution in [-0.4, -0.2) is 16.3 Å². The van der Waals surface area contributed by atoms with E-state index in [1.54, 1.807) is 13.8 Å². The van der Waals surface area contributed by atoms with Crippen LogP contribution in [0, 0.1) is 0 Å². The average Bonchev–Trinajstić information content (AvgIpc) is 2.83. The van der Waals surface area contributed by atoms with Crippen LogP contribution in [0.1, 0.15) is 27.7 Å². The topological polar surface area (TPSA) is 29.5 Å². The molecule has 0 aliphatic rings. The molecule has 0 radical (unpaired) electrons. The first kappa shape index (κ1) is 23.3. The van der Waals surface area contributed by atoms with Crippen LogP contribution in [0.4, 0.5) is 0 Å². The lowest BCUT2D eigenvalue weighted by atomic mass is 9.90. The molecule has 168 valence electrons. The van der Waals surface area contributed by atoms with Crippen molar-refractivity contribution in [3.63, 3.8) is 0 Å². The molecule has 0 fully saturated rings. The van der Waals surface area contributed by atoms with E-state index >= 15 is 0 Å². The van der Waals surface area contributed by atoms with Gasteiger partial charge < -0.3 is 9.29 Å². The summed E-state index contributed by atoms with van der Waals surface area (Å²) in [6.45, 7) is 7.32. The highest BCUT2D eigenvalue weighted by atomic mass is 32.2. The highest BCUT2D eigenvalue weighted by Crippen LogP contribution is 2.34. The zero-order valence-electron chi connectivity index (χ0n) is 19.6. The quantitative estimate of drug-likeness (QED) is 0.285. The SMILES string of the molecule is CC(C)(O)C(C)(C)OSc1ccc(-c2cccc(-c3cccc(-c4ccccc4)c3)c2)cc1. The van der Waals surface area contributed by atoms with Gasteiger partial charge in [0.15, 0.2) is 0 Å². The predicted molar refractivity (Wildman–Crippen MR) is 140 cm³/mol. The fourth-order valence-electron chi connectivity index (χ4n) is 3.34. The van der Waals surface area contributed by atoms with E-state index in [4.69, 9.17) is 4.18 Å². The number of hydrogen-bond acceptors (Lipinski definition) is 3. The molecule has 0 spiro atoms. The summed E-state index contributed by atoms with van der Waals surface area (Å²) >= 11 is 1.30. The van der Waals surface area contributed by atoms with Crippen LogP contribution in [0.15, 0.2) is 108 Å². The predicted octanol–water partition coefficient (Wildman–Crippen LogP) is 8.26. The van der Waals surface area contributed by atoms with Gasteiger partial charge in [-0.3, -0.25) is 0 Å². The molecule has 0 amide bonds. The first-order valence-electron chi connectivity index (χ1n) is 11.2. The van der Waals surface area contributed by atoms with Gasteiger partial charge in [-0.15, -0.1) is 0 Å². The van der Waals surface area contributed by atoms with Gasteiger partial charge in [-0.2, -0.15) is 0 Å². The Morgan fingerprint density at radius 3 is 1.45 bits per heavy atom. The van der Waals surface area contributed by atoms with Crippen molar-refractivity contribution in [3.8, 4) is 33.4 Å². The van der Waals surface area contributed by atoms with Crippen LogP contribution < -0.4 is 0 Å². The molecule has 0 atom stereocenters. The van der Waals surface area contributed by atoms with E-state index in [1.807, 2.05) is 19.9 Å². The molecule has 0 unspecified atom stereocenters. The maximum atomic E-state index is 10.3. The fourth-order valence-corrected chi connectivity index (χ4v) is 4.10. The Hall–Kier alpha value is -2.85. The van der Waals surface area contributed by atoms with Crippen molar-refractivity contribution < 1.29 is 9.29 Å². The van der Waals surface area contributed by atoms with Crippen molar-refractivity contribution in [2.75, 3.05) is 0 Å². The summed E-state index contributed by atoms with van der Waals surface area (Å²) in [4.78, 5) is 1.00. The third-order valence-corrected chi connectivity index (χ3v) is 7.14. The largest absolute Gasteiger partial charge is 0.387 e. The Kier molecular flexibility index (Phi) is 6.76. The van der Waals surface area contributed by atoms with Gasteiger partial charge in [-0.25, -0.2) is 0 Å². The molecule has 0 aliphatic heterocycles. The van der Waals surface area contributed by atoms with Crippen LogP contribution in [0.3, 0.4) is 0 Å². The normalized spacial score (nSPS) is 12.0. The Morgan fingerprint density at radius 2 is 0.970 bits per heavy atom. The Morgan fingerprint density at radius 1 is 0.545 bits per heavy atom. The fraction of sp³-hybridized carbons (Fsp3) is 0.200. The maximum absolute atomic E-state index is 10.3. The highest BCUT2D eigenvalue weighted by molar-refractivity contribution is 7.94. The molecule has 1 N–H and O–H groups in total.